The van der Waals surface area contributed by atoms with Crippen molar-refractivity contribution in [2.24, 2.45) is 0 Å². The van der Waals surface area contributed by atoms with Crippen LogP contribution in [0.3, 0.4) is 0 Å². The van der Waals surface area contributed by atoms with Crippen LogP contribution in [0.5, 0.6) is 0 Å². The molecule has 1 aromatic carbocycles. The minimum atomic E-state index is 0.732. The first-order valence-corrected chi connectivity index (χ1v) is 5.81. The third-order valence-corrected chi connectivity index (χ3v) is 2.92. The zero-order valence-electron chi connectivity index (χ0n) is 9.45. The highest BCUT2D eigenvalue weighted by Gasteiger charge is 2.02. The lowest BCUT2D eigenvalue weighted by Gasteiger charge is -2.10. The molecule has 0 aliphatic heterocycles. The molecule has 0 spiro atoms. The molecule has 0 aromatic heterocycles. The summed E-state index contributed by atoms with van der Waals surface area (Å²) in [6.07, 6.45) is 12.4. The summed E-state index contributed by atoms with van der Waals surface area (Å²) in [7, 11) is 0. The van der Waals surface area contributed by atoms with Gasteiger partial charge in [0.1, 0.15) is 0 Å². The Kier molecular flexibility index (Phi) is 3.71. The molecule has 0 heterocycles. The Morgan fingerprint density at radius 3 is 2.81 bits per heavy atom. The first-order chi connectivity index (χ1) is 7.90. The van der Waals surface area contributed by atoms with Gasteiger partial charge in [-0.05, 0) is 36.6 Å². The van der Waals surface area contributed by atoms with E-state index >= 15 is 0 Å². The van der Waals surface area contributed by atoms with E-state index < -0.39 is 0 Å². The van der Waals surface area contributed by atoms with Gasteiger partial charge in [0.25, 0.3) is 0 Å². The van der Waals surface area contributed by atoms with E-state index in [1.54, 1.807) is 0 Å². The predicted molar refractivity (Wildman–Crippen MR) is 69.9 cm³/mol. The van der Waals surface area contributed by atoms with Gasteiger partial charge in [0.05, 0.1) is 0 Å². The molecule has 1 aliphatic rings. The van der Waals surface area contributed by atoms with Crippen molar-refractivity contribution in [3.05, 3.63) is 53.1 Å². The normalized spacial score (nSPS) is 17.6. The lowest BCUT2D eigenvalue weighted by atomic mass is 9.96. The Labute approximate surface area is 97.0 Å². The molecule has 0 fully saturated rings. The van der Waals surface area contributed by atoms with Crippen LogP contribution in [0.15, 0.2) is 42.0 Å². The molecule has 1 aliphatic carbocycles. The van der Waals surface area contributed by atoms with E-state index in [4.69, 9.17) is 5.41 Å². The average molecular weight is 211 g/mol. The van der Waals surface area contributed by atoms with Crippen molar-refractivity contribution in [2.45, 2.75) is 25.7 Å². The minimum absolute atomic E-state index is 0.732. The SMILES string of the molecule is N=CCc1ccccc1/C=C1\CC=CCC1. The van der Waals surface area contributed by atoms with Gasteiger partial charge >= 0.3 is 0 Å². The van der Waals surface area contributed by atoms with Gasteiger partial charge < -0.3 is 5.41 Å². The molecule has 1 nitrogen and oxygen atoms in total. The highest BCUT2D eigenvalue weighted by Crippen LogP contribution is 2.21. The van der Waals surface area contributed by atoms with Crippen LogP contribution in [-0.2, 0) is 6.42 Å². The molecule has 82 valence electrons. The summed E-state index contributed by atoms with van der Waals surface area (Å²) in [5.41, 5.74) is 4.02. The van der Waals surface area contributed by atoms with Gasteiger partial charge in [-0.2, -0.15) is 0 Å². The summed E-state index contributed by atoms with van der Waals surface area (Å²) >= 11 is 0. The lowest BCUT2D eigenvalue weighted by Crippen LogP contribution is -1.92. The molecule has 1 aromatic rings. The standard InChI is InChI=1S/C15H17N/c16-11-10-14-8-4-5-9-15(14)12-13-6-2-1-3-7-13/h1-2,4-5,8-9,11-12,16H,3,6-7,10H2/b13-12+,16-11?. The Hall–Kier alpha value is -1.63. The first kappa shape index (κ1) is 10.9. The Bertz CT molecular complexity index is 427. The van der Waals surface area contributed by atoms with E-state index in [0.717, 1.165) is 12.8 Å². The quantitative estimate of drug-likeness (QED) is 0.577. The number of benzene rings is 1. The van der Waals surface area contributed by atoms with Gasteiger partial charge in [-0.15, -0.1) is 0 Å². The number of hydrogen-bond acceptors (Lipinski definition) is 1. The van der Waals surface area contributed by atoms with Crippen LogP contribution in [0.2, 0.25) is 0 Å². The van der Waals surface area contributed by atoms with Gasteiger partial charge in [0, 0.05) is 6.42 Å². The summed E-state index contributed by atoms with van der Waals surface area (Å²) in [5, 5.41) is 7.20. The van der Waals surface area contributed by atoms with E-state index in [9.17, 15) is 0 Å². The highest BCUT2D eigenvalue weighted by atomic mass is 14.3. The molecule has 0 radical (unpaired) electrons. The topological polar surface area (TPSA) is 23.9 Å². The van der Waals surface area contributed by atoms with Crippen molar-refractivity contribution in [2.75, 3.05) is 0 Å². The van der Waals surface area contributed by atoms with E-state index in [1.165, 1.54) is 35.8 Å². The lowest BCUT2D eigenvalue weighted by molar-refractivity contribution is 0.908. The average Bonchev–Trinajstić information content (AvgIpc) is 2.33. The maximum absolute atomic E-state index is 7.20. The van der Waals surface area contributed by atoms with Gasteiger partial charge in [-0.1, -0.05) is 48.1 Å². The number of hydrogen-bond donors (Lipinski definition) is 1. The maximum atomic E-state index is 7.20. The molecule has 0 atom stereocenters. The van der Waals surface area contributed by atoms with Crippen molar-refractivity contribution < 1.29 is 0 Å². The first-order valence-electron chi connectivity index (χ1n) is 5.81. The van der Waals surface area contributed by atoms with E-state index in [-0.39, 0.29) is 0 Å². The molecule has 0 bridgehead atoms. The molecule has 0 saturated carbocycles. The van der Waals surface area contributed by atoms with Crippen molar-refractivity contribution in [3.8, 4) is 0 Å². The largest absolute Gasteiger partial charge is 0.313 e. The summed E-state index contributed by atoms with van der Waals surface area (Å²) in [6.45, 7) is 0. The predicted octanol–water partition coefficient (Wildman–Crippen LogP) is 4.00. The molecule has 16 heavy (non-hydrogen) atoms. The van der Waals surface area contributed by atoms with E-state index in [1.807, 2.05) is 6.07 Å². The number of nitrogens with one attached hydrogen (secondary N) is 1. The fourth-order valence-electron chi connectivity index (χ4n) is 2.05. The molecule has 0 unspecified atom stereocenters. The smallest absolute Gasteiger partial charge is 0.00774 e. The fraction of sp³-hybridized carbons (Fsp3) is 0.267. The van der Waals surface area contributed by atoms with Crippen LogP contribution in [0.25, 0.3) is 6.08 Å². The zero-order chi connectivity index (χ0) is 11.2. The molecular weight excluding hydrogens is 194 g/mol. The van der Waals surface area contributed by atoms with Gasteiger partial charge in [-0.3, -0.25) is 0 Å². The Balaban J connectivity index is 2.25. The van der Waals surface area contributed by atoms with Crippen LogP contribution >= 0.6 is 0 Å². The molecule has 1 N–H and O–H groups in total. The highest BCUT2D eigenvalue weighted by molar-refractivity contribution is 5.65. The third-order valence-electron chi connectivity index (χ3n) is 2.92. The van der Waals surface area contributed by atoms with Crippen LogP contribution in [-0.4, -0.2) is 6.21 Å². The number of allylic oxidation sites excluding steroid dienone is 3. The van der Waals surface area contributed by atoms with Gasteiger partial charge in [0.2, 0.25) is 0 Å². The van der Waals surface area contributed by atoms with Crippen molar-refractivity contribution in [3.63, 3.8) is 0 Å². The van der Waals surface area contributed by atoms with E-state index in [2.05, 4.69) is 36.4 Å². The van der Waals surface area contributed by atoms with Crippen LogP contribution < -0.4 is 0 Å². The Morgan fingerprint density at radius 1 is 1.19 bits per heavy atom. The summed E-state index contributed by atoms with van der Waals surface area (Å²) in [4.78, 5) is 0. The van der Waals surface area contributed by atoms with Gasteiger partial charge in [-0.25, -0.2) is 0 Å². The third kappa shape index (κ3) is 2.69. The molecule has 1 heteroatoms. The second-order valence-electron chi connectivity index (χ2n) is 4.12. The second kappa shape index (κ2) is 5.45. The van der Waals surface area contributed by atoms with Crippen LogP contribution in [0, 0.1) is 5.41 Å². The Morgan fingerprint density at radius 2 is 2.06 bits per heavy atom. The monoisotopic (exact) mass is 211 g/mol. The fourth-order valence-corrected chi connectivity index (χ4v) is 2.05. The summed E-state index contributed by atoms with van der Waals surface area (Å²) in [5.74, 6) is 0. The molecule has 0 saturated heterocycles. The molecular formula is C15H17N. The van der Waals surface area contributed by atoms with Crippen LogP contribution in [0.1, 0.15) is 30.4 Å². The van der Waals surface area contributed by atoms with Crippen molar-refractivity contribution in [1.29, 1.82) is 5.41 Å². The van der Waals surface area contributed by atoms with E-state index in [0.29, 0.717) is 0 Å². The zero-order valence-corrected chi connectivity index (χ0v) is 9.45. The van der Waals surface area contributed by atoms with Crippen molar-refractivity contribution >= 4 is 12.3 Å². The molecule has 0 amide bonds. The van der Waals surface area contributed by atoms with Crippen molar-refractivity contribution in [1.82, 2.24) is 0 Å². The minimum Gasteiger partial charge on any atom is -0.313 e. The molecule has 2 rings (SSSR count). The maximum Gasteiger partial charge on any atom is 0.00774 e. The van der Waals surface area contributed by atoms with Gasteiger partial charge in [0.15, 0.2) is 0 Å². The summed E-state index contributed by atoms with van der Waals surface area (Å²) < 4.78 is 0. The van der Waals surface area contributed by atoms with Crippen LogP contribution in [0.4, 0.5) is 0 Å². The second-order valence-corrected chi connectivity index (χ2v) is 4.12. The summed E-state index contributed by atoms with van der Waals surface area (Å²) in [6, 6.07) is 8.36. The number of rotatable bonds is 3.